The molecule has 0 saturated heterocycles. The van der Waals surface area contributed by atoms with E-state index in [1.165, 1.54) is 0 Å². The molecule has 134 valence electrons. The zero-order valence-electron chi connectivity index (χ0n) is 14.7. The van der Waals surface area contributed by atoms with Crippen LogP contribution in [0.5, 0.6) is 11.5 Å². The Morgan fingerprint density at radius 1 is 1.20 bits per heavy atom. The summed E-state index contributed by atoms with van der Waals surface area (Å²) in [5.41, 5.74) is 3.03. The number of hydrogen-bond donors (Lipinski definition) is 2. The first-order chi connectivity index (χ1) is 12.0. The van der Waals surface area contributed by atoms with Gasteiger partial charge < -0.3 is 20.1 Å². The molecule has 6 heteroatoms. The van der Waals surface area contributed by atoms with Crippen molar-refractivity contribution < 1.29 is 9.47 Å². The lowest BCUT2D eigenvalue weighted by Gasteiger charge is -2.14. The van der Waals surface area contributed by atoms with E-state index < -0.39 is 0 Å². The summed E-state index contributed by atoms with van der Waals surface area (Å²) in [5.74, 6) is 1.50. The average Bonchev–Trinajstić information content (AvgIpc) is 2.60. The number of nitrogens with one attached hydrogen (secondary N) is 2. The molecule has 0 amide bonds. The van der Waals surface area contributed by atoms with Crippen molar-refractivity contribution in [2.24, 2.45) is 0 Å². The number of rotatable bonds is 7. The highest BCUT2D eigenvalue weighted by atomic mass is 35.5. The largest absolute Gasteiger partial charge is 0.493 e. The second kappa shape index (κ2) is 9.49. The minimum atomic E-state index is 0.572. The minimum absolute atomic E-state index is 0.572. The predicted molar refractivity (Wildman–Crippen MR) is 108 cm³/mol. The maximum Gasteiger partial charge on any atom is 0.170 e. The molecule has 2 aromatic rings. The Morgan fingerprint density at radius 2 is 2.00 bits per heavy atom. The van der Waals surface area contributed by atoms with Crippen LogP contribution >= 0.6 is 23.8 Å². The SMILES string of the molecule is CCOc1ccc(CCNC(=S)Nc2cccc(Cl)c2C)cc1OC. The van der Waals surface area contributed by atoms with E-state index in [-0.39, 0.29) is 0 Å². The van der Waals surface area contributed by atoms with Gasteiger partial charge in [0.2, 0.25) is 0 Å². The first kappa shape index (κ1) is 19.3. The molecule has 0 radical (unpaired) electrons. The van der Waals surface area contributed by atoms with Gasteiger partial charge in [0.15, 0.2) is 16.6 Å². The molecule has 0 aliphatic carbocycles. The van der Waals surface area contributed by atoms with Crippen LogP contribution in [0.1, 0.15) is 18.1 Å². The summed E-state index contributed by atoms with van der Waals surface area (Å²) in [6, 6.07) is 11.7. The van der Waals surface area contributed by atoms with Gasteiger partial charge in [0.1, 0.15) is 0 Å². The maximum absolute atomic E-state index is 6.12. The van der Waals surface area contributed by atoms with Gasteiger partial charge in [-0.05, 0) is 67.9 Å². The third kappa shape index (κ3) is 5.51. The number of benzene rings is 2. The van der Waals surface area contributed by atoms with E-state index in [0.29, 0.717) is 23.3 Å². The number of methoxy groups -OCH3 is 1. The Hall–Kier alpha value is -1.98. The third-order valence-corrected chi connectivity index (χ3v) is 4.40. The highest BCUT2D eigenvalue weighted by Crippen LogP contribution is 2.28. The normalized spacial score (nSPS) is 10.2. The van der Waals surface area contributed by atoms with Crippen molar-refractivity contribution in [2.75, 3.05) is 25.6 Å². The lowest BCUT2D eigenvalue weighted by Crippen LogP contribution is -2.30. The van der Waals surface area contributed by atoms with Crippen molar-refractivity contribution >= 4 is 34.6 Å². The van der Waals surface area contributed by atoms with Gasteiger partial charge in [0.25, 0.3) is 0 Å². The van der Waals surface area contributed by atoms with Crippen LogP contribution in [-0.4, -0.2) is 25.4 Å². The molecule has 4 nitrogen and oxygen atoms in total. The van der Waals surface area contributed by atoms with E-state index in [1.54, 1.807) is 7.11 Å². The van der Waals surface area contributed by atoms with Crippen LogP contribution in [-0.2, 0) is 6.42 Å². The smallest absolute Gasteiger partial charge is 0.170 e. The summed E-state index contributed by atoms with van der Waals surface area (Å²) in [6.45, 7) is 5.23. The first-order valence-corrected chi connectivity index (χ1v) is 8.93. The van der Waals surface area contributed by atoms with Gasteiger partial charge in [-0.3, -0.25) is 0 Å². The van der Waals surface area contributed by atoms with Gasteiger partial charge in [-0.15, -0.1) is 0 Å². The van der Waals surface area contributed by atoms with E-state index in [2.05, 4.69) is 10.6 Å². The van der Waals surface area contributed by atoms with Gasteiger partial charge >= 0.3 is 0 Å². The molecule has 0 atom stereocenters. The van der Waals surface area contributed by atoms with Crippen LogP contribution in [0, 0.1) is 6.92 Å². The fourth-order valence-electron chi connectivity index (χ4n) is 2.37. The summed E-state index contributed by atoms with van der Waals surface area (Å²) >= 11 is 11.5. The van der Waals surface area contributed by atoms with Crippen molar-refractivity contribution in [1.82, 2.24) is 5.32 Å². The number of ether oxygens (including phenoxy) is 2. The zero-order valence-corrected chi connectivity index (χ0v) is 16.3. The molecule has 0 saturated carbocycles. The van der Waals surface area contributed by atoms with Crippen LogP contribution < -0.4 is 20.1 Å². The molecule has 2 aromatic carbocycles. The van der Waals surface area contributed by atoms with Crippen LogP contribution in [0.15, 0.2) is 36.4 Å². The quantitative estimate of drug-likeness (QED) is 0.690. The summed E-state index contributed by atoms with van der Waals surface area (Å²) in [5, 5.41) is 7.68. The minimum Gasteiger partial charge on any atom is -0.493 e. The van der Waals surface area contributed by atoms with Crippen LogP contribution in [0.3, 0.4) is 0 Å². The Bertz CT molecular complexity index is 737. The molecule has 0 aromatic heterocycles. The number of halogens is 1. The van der Waals surface area contributed by atoms with Gasteiger partial charge in [0, 0.05) is 17.3 Å². The summed E-state index contributed by atoms with van der Waals surface area (Å²) in [6.07, 6.45) is 0.819. The number of anilines is 1. The van der Waals surface area contributed by atoms with Crippen LogP contribution in [0.2, 0.25) is 5.02 Å². The fraction of sp³-hybridized carbons (Fsp3) is 0.316. The first-order valence-electron chi connectivity index (χ1n) is 8.14. The van der Waals surface area contributed by atoms with E-state index in [1.807, 2.05) is 50.2 Å². The van der Waals surface area contributed by atoms with Crippen LogP contribution in [0.25, 0.3) is 0 Å². The Kier molecular flexibility index (Phi) is 7.34. The molecule has 25 heavy (non-hydrogen) atoms. The highest BCUT2D eigenvalue weighted by Gasteiger charge is 2.06. The third-order valence-electron chi connectivity index (χ3n) is 3.74. The second-order valence-electron chi connectivity index (χ2n) is 5.46. The second-order valence-corrected chi connectivity index (χ2v) is 6.28. The monoisotopic (exact) mass is 378 g/mol. The van der Waals surface area contributed by atoms with E-state index in [4.69, 9.17) is 33.3 Å². The molecule has 0 heterocycles. The summed E-state index contributed by atoms with van der Waals surface area (Å²) in [7, 11) is 1.65. The molecular formula is C19H23ClN2O2S. The molecule has 0 fully saturated rings. The van der Waals surface area contributed by atoms with Crippen molar-refractivity contribution in [3.63, 3.8) is 0 Å². The molecule has 2 N–H and O–H groups in total. The number of thiocarbonyl (C=S) groups is 1. The molecule has 0 bridgehead atoms. The van der Waals surface area contributed by atoms with Crippen LogP contribution in [0.4, 0.5) is 5.69 Å². The molecule has 0 spiro atoms. The molecule has 0 unspecified atom stereocenters. The molecular weight excluding hydrogens is 356 g/mol. The Balaban J connectivity index is 1.87. The highest BCUT2D eigenvalue weighted by molar-refractivity contribution is 7.80. The van der Waals surface area contributed by atoms with E-state index in [9.17, 15) is 0 Å². The van der Waals surface area contributed by atoms with E-state index in [0.717, 1.165) is 34.7 Å². The maximum atomic E-state index is 6.12. The number of hydrogen-bond acceptors (Lipinski definition) is 3. The van der Waals surface area contributed by atoms with Crippen molar-refractivity contribution in [1.29, 1.82) is 0 Å². The van der Waals surface area contributed by atoms with Crippen molar-refractivity contribution in [2.45, 2.75) is 20.3 Å². The lowest BCUT2D eigenvalue weighted by molar-refractivity contribution is 0.310. The lowest BCUT2D eigenvalue weighted by atomic mass is 10.1. The standard InChI is InChI=1S/C19H23ClN2O2S/c1-4-24-17-9-8-14(12-18(17)23-3)10-11-21-19(25)22-16-7-5-6-15(20)13(16)2/h5-9,12H,4,10-11H2,1-3H3,(H2,21,22,25). The Morgan fingerprint density at radius 3 is 2.72 bits per heavy atom. The summed E-state index contributed by atoms with van der Waals surface area (Å²) in [4.78, 5) is 0. The van der Waals surface area contributed by atoms with Gasteiger partial charge in [-0.1, -0.05) is 23.7 Å². The zero-order chi connectivity index (χ0) is 18.2. The fourth-order valence-corrected chi connectivity index (χ4v) is 2.76. The Labute approximate surface area is 159 Å². The average molecular weight is 379 g/mol. The molecule has 0 aliphatic rings. The molecule has 0 aliphatic heterocycles. The van der Waals surface area contributed by atoms with Crippen molar-refractivity contribution in [3.05, 3.63) is 52.5 Å². The molecule has 2 rings (SSSR count). The topological polar surface area (TPSA) is 42.5 Å². The van der Waals surface area contributed by atoms with E-state index >= 15 is 0 Å². The predicted octanol–water partition coefficient (Wildman–Crippen LogP) is 4.58. The van der Waals surface area contributed by atoms with Gasteiger partial charge in [-0.2, -0.15) is 0 Å². The van der Waals surface area contributed by atoms with Gasteiger partial charge in [-0.25, -0.2) is 0 Å². The summed E-state index contributed by atoms with van der Waals surface area (Å²) < 4.78 is 10.9. The van der Waals surface area contributed by atoms with Gasteiger partial charge in [0.05, 0.1) is 13.7 Å². The van der Waals surface area contributed by atoms with Crippen molar-refractivity contribution in [3.8, 4) is 11.5 Å².